The van der Waals surface area contributed by atoms with Crippen molar-refractivity contribution in [1.29, 1.82) is 0 Å². The number of hydrogen-bond donors (Lipinski definition) is 0. The molecule has 4 rings (SSSR count). The fourth-order valence-corrected chi connectivity index (χ4v) is 3.83. The topological polar surface area (TPSA) is 29.5 Å². The molecule has 0 saturated carbocycles. The van der Waals surface area contributed by atoms with E-state index in [2.05, 4.69) is 122 Å². The Morgan fingerprint density at radius 3 is 1.62 bits per heavy atom. The highest BCUT2D eigenvalue weighted by Gasteiger charge is 2.13. The number of aryl methyl sites for hydroxylation is 2. The van der Waals surface area contributed by atoms with Gasteiger partial charge in [0.25, 0.3) is 0 Å². The van der Waals surface area contributed by atoms with Gasteiger partial charge in [-0.2, -0.15) is 0 Å². The van der Waals surface area contributed by atoms with Crippen molar-refractivity contribution in [2.24, 2.45) is 0 Å². The van der Waals surface area contributed by atoms with E-state index < -0.39 is 5.97 Å². The molecule has 4 aromatic carbocycles. The molecule has 0 aliphatic heterocycles. The van der Waals surface area contributed by atoms with Crippen molar-refractivity contribution in [1.82, 2.24) is 0 Å². The lowest BCUT2D eigenvalue weighted by Gasteiger charge is -2.26. The number of anilines is 3. The summed E-state index contributed by atoms with van der Waals surface area (Å²) in [6.45, 7) is 7.96. The molecule has 0 unspecified atom stereocenters. The quantitative estimate of drug-likeness (QED) is 0.205. The summed E-state index contributed by atoms with van der Waals surface area (Å²) in [6, 6.07) is 34.2. The third-order valence-electron chi connectivity index (χ3n) is 5.80. The summed E-state index contributed by atoms with van der Waals surface area (Å²) in [7, 11) is 0. The third kappa shape index (κ3) is 5.62. The molecular formula is C31H29NO2. The molecule has 0 aliphatic rings. The number of benzene rings is 4. The predicted molar refractivity (Wildman–Crippen MR) is 141 cm³/mol. The molecule has 4 aromatic rings. The Bertz CT molecular complexity index is 1240. The summed E-state index contributed by atoms with van der Waals surface area (Å²) in [5, 5.41) is 0. The second-order valence-corrected chi connectivity index (χ2v) is 8.37. The van der Waals surface area contributed by atoms with Crippen molar-refractivity contribution in [2.75, 3.05) is 11.5 Å². The average molecular weight is 448 g/mol. The first-order valence-corrected chi connectivity index (χ1v) is 11.5. The molecule has 0 atom stereocenters. The van der Waals surface area contributed by atoms with Crippen LogP contribution in [0.1, 0.15) is 16.7 Å². The van der Waals surface area contributed by atoms with E-state index in [9.17, 15) is 4.79 Å². The van der Waals surface area contributed by atoms with Crippen molar-refractivity contribution in [3.8, 4) is 11.1 Å². The molecule has 0 aromatic heterocycles. The lowest BCUT2D eigenvalue weighted by atomic mass is 10.0. The van der Waals surface area contributed by atoms with Crippen LogP contribution >= 0.6 is 0 Å². The maximum atomic E-state index is 11.3. The first-order valence-electron chi connectivity index (χ1n) is 11.5. The summed E-state index contributed by atoms with van der Waals surface area (Å²) >= 11 is 0. The molecular weight excluding hydrogens is 418 g/mol. The van der Waals surface area contributed by atoms with Crippen LogP contribution < -0.4 is 4.90 Å². The van der Waals surface area contributed by atoms with E-state index in [-0.39, 0.29) is 0 Å². The lowest BCUT2D eigenvalue weighted by Crippen LogP contribution is -2.10. The summed E-state index contributed by atoms with van der Waals surface area (Å²) in [5.41, 5.74) is 9.25. The van der Waals surface area contributed by atoms with Crippen LogP contribution in [0.25, 0.3) is 11.1 Å². The molecule has 3 heteroatoms. The molecule has 0 spiro atoms. The number of esters is 1. The number of carbonyl (C=O) groups is 1. The van der Waals surface area contributed by atoms with Gasteiger partial charge in [0, 0.05) is 29.6 Å². The van der Waals surface area contributed by atoms with Gasteiger partial charge in [-0.1, -0.05) is 78.4 Å². The summed E-state index contributed by atoms with van der Waals surface area (Å²) in [5.74, 6) is -0.392. The summed E-state index contributed by atoms with van der Waals surface area (Å²) in [4.78, 5) is 13.5. The third-order valence-corrected chi connectivity index (χ3v) is 5.80. The second kappa shape index (κ2) is 10.7. The van der Waals surface area contributed by atoms with E-state index >= 15 is 0 Å². The highest BCUT2D eigenvalue weighted by Crippen LogP contribution is 2.35. The number of rotatable bonds is 8. The SMILES string of the molecule is C=CC(=O)OCCc1ccc(N(c2ccc(C)cc2)c2ccc(-c3ccc(C)cc3)cc2)cc1. The minimum atomic E-state index is -0.392. The van der Waals surface area contributed by atoms with Gasteiger partial charge in [0.1, 0.15) is 0 Å². The largest absolute Gasteiger partial charge is 0.462 e. The van der Waals surface area contributed by atoms with Crippen LogP contribution in [0.4, 0.5) is 17.1 Å². The molecule has 0 N–H and O–H groups in total. The van der Waals surface area contributed by atoms with E-state index in [1.165, 1.54) is 28.3 Å². The van der Waals surface area contributed by atoms with E-state index in [0.29, 0.717) is 13.0 Å². The van der Waals surface area contributed by atoms with Crippen molar-refractivity contribution < 1.29 is 9.53 Å². The normalized spacial score (nSPS) is 10.5. The number of carbonyl (C=O) groups excluding carboxylic acids is 1. The van der Waals surface area contributed by atoms with Crippen LogP contribution in [0.3, 0.4) is 0 Å². The van der Waals surface area contributed by atoms with E-state index in [1.807, 2.05) is 0 Å². The Morgan fingerprint density at radius 1 is 0.706 bits per heavy atom. The van der Waals surface area contributed by atoms with Crippen molar-refractivity contribution in [2.45, 2.75) is 20.3 Å². The predicted octanol–water partition coefficient (Wildman–Crippen LogP) is 7.71. The Labute approximate surface area is 202 Å². The smallest absolute Gasteiger partial charge is 0.330 e. The average Bonchev–Trinajstić information content (AvgIpc) is 2.87. The highest BCUT2D eigenvalue weighted by molar-refractivity contribution is 5.81. The minimum Gasteiger partial charge on any atom is -0.462 e. The van der Waals surface area contributed by atoms with Gasteiger partial charge in [0.2, 0.25) is 0 Å². The number of hydrogen-bond acceptors (Lipinski definition) is 3. The molecule has 0 amide bonds. The first kappa shape index (κ1) is 23.1. The molecule has 34 heavy (non-hydrogen) atoms. The standard InChI is InChI=1S/C31H29NO2/c1-4-31(33)34-22-21-25-9-17-29(18-10-25)32(28-15-7-24(3)8-16-28)30-19-13-27(14-20-30)26-11-5-23(2)6-12-26/h4-20H,1,21-22H2,2-3H3. The van der Waals surface area contributed by atoms with Crippen LogP contribution in [0.5, 0.6) is 0 Å². The zero-order valence-electron chi connectivity index (χ0n) is 19.7. The number of nitrogens with zero attached hydrogens (tertiary/aromatic N) is 1. The number of ether oxygens (including phenoxy) is 1. The van der Waals surface area contributed by atoms with Gasteiger partial charge >= 0.3 is 5.97 Å². The zero-order chi connectivity index (χ0) is 23.9. The van der Waals surface area contributed by atoms with Gasteiger partial charge < -0.3 is 9.64 Å². The molecule has 0 heterocycles. The van der Waals surface area contributed by atoms with E-state index in [4.69, 9.17) is 4.74 Å². The van der Waals surface area contributed by atoms with Crippen molar-refractivity contribution in [3.05, 3.63) is 126 Å². The van der Waals surface area contributed by atoms with Crippen molar-refractivity contribution in [3.63, 3.8) is 0 Å². The Balaban J connectivity index is 1.61. The van der Waals surface area contributed by atoms with Crippen LogP contribution in [0.2, 0.25) is 0 Å². The minimum absolute atomic E-state index is 0.340. The van der Waals surface area contributed by atoms with Gasteiger partial charge in [-0.15, -0.1) is 0 Å². The van der Waals surface area contributed by atoms with Gasteiger partial charge in [0.05, 0.1) is 6.61 Å². The van der Waals surface area contributed by atoms with E-state index in [0.717, 1.165) is 22.6 Å². The van der Waals surface area contributed by atoms with Gasteiger partial charge in [-0.05, 0) is 66.9 Å². The Kier molecular flexibility index (Phi) is 7.24. The van der Waals surface area contributed by atoms with Crippen molar-refractivity contribution >= 4 is 23.0 Å². The maximum Gasteiger partial charge on any atom is 0.330 e. The van der Waals surface area contributed by atoms with Gasteiger partial charge in [-0.25, -0.2) is 4.79 Å². The molecule has 0 saturated heterocycles. The fraction of sp³-hybridized carbons (Fsp3) is 0.129. The van der Waals surface area contributed by atoms with E-state index in [1.54, 1.807) is 0 Å². The molecule has 0 bridgehead atoms. The molecule has 0 fully saturated rings. The molecule has 0 aliphatic carbocycles. The summed E-state index contributed by atoms with van der Waals surface area (Å²) in [6.07, 6.45) is 1.85. The molecule has 3 nitrogen and oxygen atoms in total. The lowest BCUT2D eigenvalue weighted by molar-refractivity contribution is -0.137. The molecule has 170 valence electrons. The first-order chi connectivity index (χ1) is 16.5. The van der Waals surface area contributed by atoms with Gasteiger partial charge in [0.15, 0.2) is 0 Å². The monoisotopic (exact) mass is 447 g/mol. The van der Waals surface area contributed by atoms with Crippen LogP contribution in [-0.2, 0) is 16.0 Å². The summed E-state index contributed by atoms with van der Waals surface area (Å²) < 4.78 is 5.11. The van der Waals surface area contributed by atoms with Crippen LogP contribution in [0, 0.1) is 13.8 Å². The van der Waals surface area contributed by atoms with Crippen LogP contribution in [0.15, 0.2) is 110 Å². The molecule has 0 radical (unpaired) electrons. The Morgan fingerprint density at radius 2 is 1.12 bits per heavy atom. The van der Waals surface area contributed by atoms with Gasteiger partial charge in [-0.3, -0.25) is 0 Å². The highest BCUT2D eigenvalue weighted by atomic mass is 16.5. The second-order valence-electron chi connectivity index (χ2n) is 8.37. The maximum absolute atomic E-state index is 11.3. The Hall–Kier alpha value is -4.11. The van der Waals surface area contributed by atoms with Crippen LogP contribution in [-0.4, -0.2) is 12.6 Å². The zero-order valence-corrected chi connectivity index (χ0v) is 19.7. The fourth-order valence-electron chi connectivity index (χ4n) is 3.83.